The maximum Gasteiger partial charge on any atom is 0.0821 e. The fourth-order valence-electron chi connectivity index (χ4n) is 2.80. The van der Waals surface area contributed by atoms with Crippen molar-refractivity contribution < 1.29 is 5.11 Å². The minimum absolute atomic E-state index is 0.292. The van der Waals surface area contributed by atoms with E-state index in [0.29, 0.717) is 5.92 Å². The SMILES string of the molecule is Cc1c(Br)cccc1C(O)C1CCC(C)CC1. The number of halogens is 1. The maximum atomic E-state index is 10.5. The first-order valence-electron chi connectivity index (χ1n) is 6.52. The molecule has 1 atom stereocenters. The van der Waals surface area contributed by atoms with Crippen molar-refractivity contribution in [3.05, 3.63) is 33.8 Å². The van der Waals surface area contributed by atoms with Gasteiger partial charge in [0.25, 0.3) is 0 Å². The van der Waals surface area contributed by atoms with Gasteiger partial charge in [-0.2, -0.15) is 0 Å². The molecule has 17 heavy (non-hydrogen) atoms. The summed E-state index contributed by atoms with van der Waals surface area (Å²) in [7, 11) is 0. The van der Waals surface area contributed by atoms with E-state index < -0.39 is 0 Å². The van der Waals surface area contributed by atoms with Gasteiger partial charge in [-0.3, -0.25) is 0 Å². The van der Waals surface area contributed by atoms with Gasteiger partial charge in [-0.15, -0.1) is 0 Å². The van der Waals surface area contributed by atoms with Gasteiger partial charge in [-0.25, -0.2) is 0 Å². The Balaban J connectivity index is 2.14. The van der Waals surface area contributed by atoms with Crippen LogP contribution in [0.15, 0.2) is 22.7 Å². The number of benzene rings is 1. The largest absolute Gasteiger partial charge is 0.388 e. The van der Waals surface area contributed by atoms with Crippen molar-refractivity contribution in [1.82, 2.24) is 0 Å². The Hall–Kier alpha value is -0.340. The van der Waals surface area contributed by atoms with Gasteiger partial charge in [0.15, 0.2) is 0 Å². The van der Waals surface area contributed by atoms with Crippen LogP contribution in [0.2, 0.25) is 0 Å². The first-order valence-corrected chi connectivity index (χ1v) is 7.32. The van der Waals surface area contributed by atoms with Crippen molar-refractivity contribution in [3.8, 4) is 0 Å². The summed E-state index contributed by atoms with van der Waals surface area (Å²) in [6.45, 7) is 4.39. The fourth-order valence-corrected chi connectivity index (χ4v) is 3.18. The van der Waals surface area contributed by atoms with E-state index in [1.165, 1.54) is 18.4 Å². The summed E-state index contributed by atoms with van der Waals surface area (Å²) in [6.07, 6.45) is 4.55. The van der Waals surface area contributed by atoms with Crippen LogP contribution in [-0.2, 0) is 0 Å². The first kappa shape index (κ1) is 13.1. The highest BCUT2D eigenvalue weighted by Gasteiger charge is 2.26. The first-order chi connectivity index (χ1) is 8.09. The highest BCUT2D eigenvalue weighted by atomic mass is 79.9. The van der Waals surface area contributed by atoms with Crippen LogP contribution in [0.5, 0.6) is 0 Å². The lowest BCUT2D eigenvalue weighted by atomic mass is 9.78. The highest BCUT2D eigenvalue weighted by Crippen LogP contribution is 2.38. The van der Waals surface area contributed by atoms with Gasteiger partial charge in [0.1, 0.15) is 0 Å². The van der Waals surface area contributed by atoms with E-state index in [4.69, 9.17) is 0 Å². The molecule has 2 rings (SSSR count). The molecule has 0 radical (unpaired) electrons. The second-order valence-electron chi connectivity index (χ2n) is 5.42. The molecule has 94 valence electrons. The molecular weight excluding hydrogens is 276 g/mol. The van der Waals surface area contributed by atoms with Crippen LogP contribution in [0.4, 0.5) is 0 Å². The highest BCUT2D eigenvalue weighted by molar-refractivity contribution is 9.10. The summed E-state index contributed by atoms with van der Waals surface area (Å²) in [5.41, 5.74) is 2.28. The second-order valence-corrected chi connectivity index (χ2v) is 6.27. The van der Waals surface area contributed by atoms with Crippen LogP contribution in [-0.4, -0.2) is 5.11 Å². The van der Waals surface area contributed by atoms with Crippen molar-refractivity contribution in [2.45, 2.75) is 45.6 Å². The molecule has 2 heteroatoms. The number of aliphatic hydroxyl groups excluding tert-OH is 1. The third-order valence-corrected chi connectivity index (χ3v) is 4.99. The molecule has 0 aliphatic heterocycles. The van der Waals surface area contributed by atoms with Crippen LogP contribution in [0.25, 0.3) is 0 Å². The predicted molar refractivity (Wildman–Crippen MR) is 75.0 cm³/mol. The molecule has 1 aromatic carbocycles. The van der Waals surface area contributed by atoms with Gasteiger partial charge in [0.2, 0.25) is 0 Å². The fraction of sp³-hybridized carbons (Fsp3) is 0.600. The van der Waals surface area contributed by atoms with Crippen LogP contribution < -0.4 is 0 Å². The Morgan fingerprint density at radius 1 is 1.24 bits per heavy atom. The molecular formula is C15H21BrO. The Labute approximate surface area is 112 Å². The van der Waals surface area contributed by atoms with E-state index in [1.807, 2.05) is 12.1 Å². The zero-order chi connectivity index (χ0) is 12.4. The topological polar surface area (TPSA) is 20.2 Å². The number of hydrogen-bond donors (Lipinski definition) is 1. The van der Waals surface area contributed by atoms with Gasteiger partial charge in [0.05, 0.1) is 6.10 Å². The summed E-state index contributed by atoms with van der Waals surface area (Å²) in [6, 6.07) is 6.11. The van der Waals surface area contributed by atoms with Crippen molar-refractivity contribution in [2.75, 3.05) is 0 Å². The van der Waals surface area contributed by atoms with Crippen molar-refractivity contribution in [2.24, 2.45) is 11.8 Å². The maximum absolute atomic E-state index is 10.5. The molecule has 1 unspecified atom stereocenters. The smallest absolute Gasteiger partial charge is 0.0821 e. The van der Waals surface area contributed by atoms with E-state index in [1.54, 1.807) is 0 Å². The van der Waals surface area contributed by atoms with Crippen molar-refractivity contribution >= 4 is 15.9 Å². The Morgan fingerprint density at radius 3 is 2.53 bits per heavy atom. The molecule has 0 spiro atoms. The van der Waals surface area contributed by atoms with Crippen LogP contribution in [0.1, 0.15) is 49.8 Å². The molecule has 1 saturated carbocycles. The zero-order valence-electron chi connectivity index (χ0n) is 10.6. The molecule has 0 amide bonds. The molecule has 0 bridgehead atoms. The quantitative estimate of drug-likeness (QED) is 0.844. The zero-order valence-corrected chi connectivity index (χ0v) is 12.2. The molecule has 0 heterocycles. The number of rotatable bonds is 2. The van der Waals surface area contributed by atoms with E-state index in [0.717, 1.165) is 28.8 Å². The minimum Gasteiger partial charge on any atom is -0.388 e. The second kappa shape index (κ2) is 5.53. The number of hydrogen-bond acceptors (Lipinski definition) is 1. The van der Waals surface area contributed by atoms with E-state index in [9.17, 15) is 5.11 Å². The molecule has 1 N–H and O–H groups in total. The van der Waals surface area contributed by atoms with Gasteiger partial charge in [0, 0.05) is 4.47 Å². The van der Waals surface area contributed by atoms with Gasteiger partial charge < -0.3 is 5.11 Å². The summed E-state index contributed by atoms with van der Waals surface area (Å²) in [4.78, 5) is 0. The molecule has 1 aliphatic carbocycles. The molecule has 1 nitrogen and oxygen atoms in total. The Morgan fingerprint density at radius 2 is 1.88 bits per heavy atom. The summed E-state index contributed by atoms with van der Waals surface area (Å²) < 4.78 is 1.10. The summed E-state index contributed by atoms with van der Waals surface area (Å²) in [5.74, 6) is 1.28. The van der Waals surface area contributed by atoms with Gasteiger partial charge in [-0.05, 0) is 48.8 Å². The average molecular weight is 297 g/mol. The van der Waals surface area contributed by atoms with E-state index in [-0.39, 0.29) is 6.10 Å². The molecule has 1 aliphatic rings. The van der Waals surface area contributed by atoms with Gasteiger partial charge >= 0.3 is 0 Å². The van der Waals surface area contributed by atoms with E-state index >= 15 is 0 Å². The van der Waals surface area contributed by atoms with Crippen LogP contribution in [0, 0.1) is 18.8 Å². The van der Waals surface area contributed by atoms with Crippen LogP contribution >= 0.6 is 15.9 Å². The van der Waals surface area contributed by atoms with Crippen LogP contribution in [0.3, 0.4) is 0 Å². The minimum atomic E-state index is -0.292. The Bertz CT molecular complexity index is 381. The molecule has 0 saturated heterocycles. The lowest BCUT2D eigenvalue weighted by Gasteiger charge is -2.30. The normalized spacial score (nSPS) is 26.8. The molecule has 1 aromatic rings. The lowest BCUT2D eigenvalue weighted by molar-refractivity contribution is 0.0750. The van der Waals surface area contributed by atoms with Crippen molar-refractivity contribution in [1.29, 1.82) is 0 Å². The third kappa shape index (κ3) is 2.92. The average Bonchev–Trinajstić information content (AvgIpc) is 2.33. The van der Waals surface area contributed by atoms with Crippen molar-refractivity contribution in [3.63, 3.8) is 0 Å². The summed E-state index contributed by atoms with van der Waals surface area (Å²) in [5, 5.41) is 10.5. The van der Waals surface area contributed by atoms with Gasteiger partial charge in [-0.1, -0.05) is 47.8 Å². The molecule has 0 aromatic heterocycles. The molecule has 1 fully saturated rings. The third-order valence-electron chi connectivity index (χ3n) is 4.14. The summed E-state index contributed by atoms with van der Waals surface area (Å²) >= 11 is 3.54. The standard InChI is InChI=1S/C15H21BrO/c1-10-6-8-12(9-7-10)15(17)13-4-3-5-14(16)11(13)2/h3-5,10,12,15,17H,6-9H2,1-2H3. The monoisotopic (exact) mass is 296 g/mol. The lowest BCUT2D eigenvalue weighted by Crippen LogP contribution is -2.20. The predicted octanol–water partition coefficient (Wildman–Crippen LogP) is 4.62. The number of aliphatic hydroxyl groups is 1. The van der Waals surface area contributed by atoms with E-state index in [2.05, 4.69) is 35.8 Å². The Kier molecular flexibility index (Phi) is 4.26.